The average molecular weight is 363 g/mol. The molecule has 0 radical (unpaired) electrons. The predicted octanol–water partition coefficient (Wildman–Crippen LogP) is 3.32. The molecule has 22 heavy (non-hydrogen) atoms. The van der Waals surface area contributed by atoms with Gasteiger partial charge in [-0.1, -0.05) is 34.1 Å². The lowest BCUT2D eigenvalue weighted by atomic mass is 9.99. The first kappa shape index (κ1) is 14.8. The van der Waals surface area contributed by atoms with Crippen LogP contribution in [0, 0.1) is 6.92 Å². The van der Waals surface area contributed by atoms with Crippen molar-refractivity contribution < 1.29 is 14.0 Å². The molecule has 0 bridgehead atoms. The van der Waals surface area contributed by atoms with Gasteiger partial charge in [-0.15, -0.1) is 0 Å². The van der Waals surface area contributed by atoms with Crippen molar-refractivity contribution in [2.24, 2.45) is 0 Å². The normalized spacial score (nSPS) is 21.3. The highest BCUT2D eigenvalue weighted by atomic mass is 79.9. The minimum atomic E-state index is -1.16. The average Bonchev–Trinajstić information content (AvgIpc) is 3.00. The molecule has 1 aromatic heterocycles. The van der Waals surface area contributed by atoms with Crippen LogP contribution in [0.1, 0.15) is 24.0 Å². The number of carbonyl (C=O) groups is 2. The van der Waals surface area contributed by atoms with Crippen LogP contribution in [-0.2, 0) is 16.9 Å². The van der Waals surface area contributed by atoms with Gasteiger partial charge in [0.15, 0.2) is 5.54 Å². The number of carbonyl (C=O) groups excluding carboxylic acids is 2. The Morgan fingerprint density at radius 1 is 1.23 bits per heavy atom. The largest absolute Gasteiger partial charge is 0.463 e. The van der Waals surface area contributed by atoms with Gasteiger partial charge in [-0.2, -0.15) is 0 Å². The summed E-state index contributed by atoms with van der Waals surface area (Å²) < 4.78 is 6.40. The van der Waals surface area contributed by atoms with Gasteiger partial charge in [0.2, 0.25) is 0 Å². The molecule has 114 valence electrons. The molecule has 3 rings (SSSR count). The number of aryl methyl sites for hydroxylation is 1. The molecule has 1 fully saturated rings. The Morgan fingerprint density at radius 2 is 1.95 bits per heavy atom. The Morgan fingerprint density at radius 3 is 2.59 bits per heavy atom. The van der Waals surface area contributed by atoms with Gasteiger partial charge in [-0.3, -0.25) is 9.69 Å². The molecule has 1 saturated heterocycles. The summed E-state index contributed by atoms with van der Waals surface area (Å²) in [5.41, 5.74) is -0.294. The second kappa shape index (κ2) is 5.28. The molecule has 1 N–H and O–H groups in total. The third-order valence-electron chi connectivity index (χ3n) is 3.79. The highest BCUT2D eigenvalue weighted by Crippen LogP contribution is 2.31. The summed E-state index contributed by atoms with van der Waals surface area (Å²) in [5.74, 6) is 0.822. The first-order chi connectivity index (χ1) is 10.4. The van der Waals surface area contributed by atoms with Gasteiger partial charge < -0.3 is 9.73 Å². The van der Waals surface area contributed by atoms with Crippen LogP contribution in [0.25, 0.3) is 0 Å². The van der Waals surface area contributed by atoms with Crippen molar-refractivity contribution in [2.75, 3.05) is 0 Å². The van der Waals surface area contributed by atoms with Gasteiger partial charge in [0.1, 0.15) is 11.5 Å². The minimum Gasteiger partial charge on any atom is -0.463 e. The van der Waals surface area contributed by atoms with Crippen LogP contribution >= 0.6 is 15.9 Å². The zero-order chi connectivity index (χ0) is 15.9. The fourth-order valence-corrected chi connectivity index (χ4v) is 2.92. The van der Waals surface area contributed by atoms with E-state index in [1.165, 1.54) is 4.90 Å². The first-order valence-corrected chi connectivity index (χ1v) is 7.65. The number of rotatable bonds is 3. The van der Waals surface area contributed by atoms with E-state index in [9.17, 15) is 9.59 Å². The van der Waals surface area contributed by atoms with Crippen molar-refractivity contribution in [3.63, 3.8) is 0 Å². The Hall–Kier alpha value is -2.08. The van der Waals surface area contributed by atoms with Gasteiger partial charge in [-0.25, -0.2) is 4.79 Å². The van der Waals surface area contributed by atoms with E-state index in [0.717, 1.165) is 10.0 Å². The maximum Gasteiger partial charge on any atom is 0.325 e. The van der Waals surface area contributed by atoms with E-state index in [2.05, 4.69) is 21.2 Å². The van der Waals surface area contributed by atoms with Crippen molar-refractivity contribution in [2.45, 2.75) is 25.9 Å². The number of imide groups is 1. The van der Waals surface area contributed by atoms with Crippen LogP contribution in [0.15, 0.2) is 45.3 Å². The summed E-state index contributed by atoms with van der Waals surface area (Å²) in [6.45, 7) is 3.67. The Bertz CT molecular complexity index is 755. The van der Waals surface area contributed by atoms with Crippen molar-refractivity contribution in [3.05, 3.63) is 58.0 Å². The van der Waals surface area contributed by atoms with Crippen LogP contribution in [0.5, 0.6) is 0 Å². The first-order valence-electron chi connectivity index (χ1n) is 6.86. The van der Waals surface area contributed by atoms with Gasteiger partial charge in [0, 0.05) is 4.47 Å². The number of furan rings is 1. The highest BCUT2D eigenvalue weighted by Gasteiger charge is 2.51. The topological polar surface area (TPSA) is 62.6 Å². The van der Waals surface area contributed by atoms with E-state index < -0.39 is 11.6 Å². The van der Waals surface area contributed by atoms with Crippen molar-refractivity contribution in [1.29, 1.82) is 0 Å². The number of nitrogens with zero attached hydrogens (tertiary/aromatic N) is 1. The molecule has 1 atom stereocenters. The van der Waals surface area contributed by atoms with Crippen molar-refractivity contribution in [3.8, 4) is 0 Å². The lowest BCUT2D eigenvalue weighted by Crippen LogP contribution is -2.40. The molecular weight excluding hydrogens is 348 g/mol. The molecule has 6 heteroatoms. The molecule has 0 spiro atoms. The Balaban J connectivity index is 1.90. The summed E-state index contributed by atoms with van der Waals surface area (Å²) in [4.78, 5) is 26.2. The molecule has 1 aromatic carbocycles. The smallest absolute Gasteiger partial charge is 0.325 e. The van der Waals surface area contributed by atoms with Crippen LogP contribution in [0.2, 0.25) is 0 Å². The summed E-state index contributed by atoms with van der Waals surface area (Å²) in [7, 11) is 0. The maximum atomic E-state index is 12.7. The Labute approximate surface area is 136 Å². The molecule has 0 aliphatic carbocycles. The number of hydrogen-bond donors (Lipinski definition) is 1. The van der Waals surface area contributed by atoms with Crippen LogP contribution in [-0.4, -0.2) is 16.8 Å². The lowest BCUT2D eigenvalue weighted by Gasteiger charge is -2.19. The van der Waals surface area contributed by atoms with Crippen molar-refractivity contribution >= 4 is 27.9 Å². The highest BCUT2D eigenvalue weighted by molar-refractivity contribution is 9.10. The van der Waals surface area contributed by atoms with E-state index in [4.69, 9.17) is 4.42 Å². The standard InChI is InChI=1S/C16H15BrN2O3/c1-10-7-8-13(22-10)16(2)14(20)19(15(21)18-16)9-11-5-3-4-6-12(11)17/h3-8H,9H2,1-2H3,(H,18,21). The van der Waals surface area contributed by atoms with Crippen LogP contribution in [0.3, 0.4) is 0 Å². The summed E-state index contributed by atoms with van der Waals surface area (Å²) in [6, 6.07) is 10.6. The Kier molecular flexibility index (Phi) is 3.56. The fraction of sp³-hybridized carbons (Fsp3) is 0.250. The zero-order valence-electron chi connectivity index (χ0n) is 12.2. The van der Waals surface area contributed by atoms with Gasteiger partial charge in [0.25, 0.3) is 5.91 Å². The molecule has 1 aliphatic heterocycles. The second-order valence-electron chi connectivity index (χ2n) is 5.45. The maximum absolute atomic E-state index is 12.7. The molecular formula is C16H15BrN2O3. The van der Waals surface area contributed by atoms with Gasteiger partial charge in [-0.05, 0) is 37.6 Å². The minimum absolute atomic E-state index is 0.210. The molecule has 3 amide bonds. The zero-order valence-corrected chi connectivity index (χ0v) is 13.8. The van der Waals surface area contributed by atoms with Crippen LogP contribution < -0.4 is 5.32 Å². The second-order valence-corrected chi connectivity index (χ2v) is 6.30. The van der Waals surface area contributed by atoms with Crippen LogP contribution in [0.4, 0.5) is 4.79 Å². The van der Waals surface area contributed by atoms with E-state index >= 15 is 0 Å². The van der Waals surface area contributed by atoms with Crippen molar-refractivity contribution in [1.82, 2.24) is 10.2 Å². The molecule has 0 saturated carbocycles. The van der Waals surface area contributed by atoms with E-state index in [0.29, 0.717) is 11.5 Å². The molecule has 2 aromatic rings. The fourth-order valence-electron chi connectivity index (χ4n) is 2.51. The third kappa shape index (κ3) is 2.33. The van der Waals surface area contributed by atoms with E-state index in [1.807, 2.05) is 24.3 Å². The SMILES string of the molecule is Cc1ccc(C2(C)NC(=O)N(Cc3ccccc3Br)C2=O)o1. The monoisotopic (exact) mass is 362 g/mol. The molecule has 1 aliphatic rings. The number of hydrogen-bond acceptors (Lipinski definition) is 3. The third-order valence-corrected chi connectivity index (χ3v) is 4.57. The molecule has 5 nitrogen and oxygen atoms in total. The molecule has 1 unspecified atom stereocenters. The number of benzene rings is 1. The predicted molar refractivity (Wildman–Crippen MR) is 84.0 cm³/mol. The summed E-state index contributed by atoms with van der Waals surface area (Å²) in [5, 5.41) is 2.73. The lowest BCUT2D eigenvalue weighted by molar-refractivity contribution is -0.132. The molecule has 2 heterocycles. The number of nitrogens with one attached hydrogen (secondary N) is 1. The number of amides is 3. The van der Waals surface area contributed by atoms with Gasteiger partial charge >= 0.3 is 6.03 Å². The van der Waals surface area contributed by atoms with E-state index in [1.54, 1.807) is 26.0 Å². The van der Waals surface area contributed by atoms with E-state index in [-0.39, 0.29) is 12.5 Å². The summed E-state index contributed by atoms with van der Waals surface area (Å²) in [6.07, 6.45) is 0. The quantitative estimate of drug-likeness (QED) is 0.851. The summed E-state index contributed by atoms with van der Waals surface area (Å²) >= 11 is 3.43. The number of urea groups is 1. The number of halogens is 1. The van der Waals surface area contributed by atoms with Gasteiger partial charge in [0.05, 0.1) is 6.54 Å².